The van der Waals surface area contributed by atoms with Crippen LogP contribution in [0.3, 0.4) is 0 Å². The summed E-state index contributed by atoms with van der Waals surface area (Å²) in [5.41, 5.74) is 1.23. The van der Waals surface area contributed by atoms with E-state index in [1.807, 2.05) is 31.2 Å². The average Bonchev–Trinajstić information content (AvgIpc) is 2.53. The van der Waals surface area contributed by atoms with Gasteiger partial charge in [0.05, 0.1) is 6.61 Å². The Morgan fingerprint density at radius 1 is 1.22 bits per heavy atom. The van der Waals surface area contributed by atoms with Gasteiger partial charge in [0, 0.05) is 22.3 Å². The van der Waals surface area contributed by atoms with Gasteiger partial charge in [-0.15, -0.1) is 0 Å². The smallest absolute Gasteiger partial charge is 0.257 e. The number of carbonyl (C=O) groups is 1. The van der Waals surface area contributed by atoms with Crippen molar-refractivity contribution in [2.75, 3.05) is 11.9 Å². The molecule has 0 spiro atoms. The second-order valence-electron chi connectivity index (χ2n) is 4.79. The van der Waals surface area contributed by atoms with E-state index in [-0.39, 0.29) is 11.0 Å². The van der Waals surface area contributed by atoms with Crippen molar-refractivity contribution in [1.82, 2.24) is 5.32 Å². The lowest BCUT2D eigenvalue weighted by Crippen LogP contribution is -2.34. The molecule has 0 fully saturated rings. The number of carbonyl (C=O) groups excluding carboxylic acids is 1. The van der Waals surface area contributed by atoms with E-state index < -0.39 is 0 Å². The molecule has 4 nitrogen and oxygen atoms in total. The van der Waals surface area contributed by atoms with Crippen LogP contribution >= 0.6 is 23.8 Å². The van der Waals surface area contributed by atoms with Crippen LogP contribution in [0, 0.1) is 0 Å². The third-order valence-electron chi connectivity index (χ3n) is 2.90. The molecule has 2 aromatic rings. The number of halogens is 1. The second kappa shape index (κ2) is 8.50. The highest BCUT2D eigenvalue weighted by Gasteiger charge is 2.08. The molecule has 0 aromatic heterocycles. The third-order valence-corrected chi connectivity index (χ3v) is 3.35. The molecule has 0 saturated carbocycles. The summed E-state index contributed by atoms with van der Waals surface area (Å²) < 4.78 is 5.56. The van der Waals surface area contributed by atoms with Crippen molar-refractivity contribution >= 4 is 40.5 Å². The van der Waals surface area contributed by atoms with E-state index in [0.717, 1.165) is 17.9 Å². The first-order valence-corrected chi connectivity index (χ1v) is 7.98. The first kappa shape index (κ1) is 17.2. The average molecular weight is 349 g/mol. The number of thiocarbonyl (C=S) groups is 1. The van der Waals surface area contributed by atoms with Crippen LogP contribution in [0.25, 0.3) is 0 Å². The minimum absolute atomic E-state index is 0.220. The van der Waals surface area contributed by atoms with Gasteiger partial charge in [0.15, 0.2) is 5.11 Å². The highest BCUT2D eigenvalue weighted by Crippen LogP contribution is 2.17. The van der Waals surface area contributed by atoms with Gasteiger partial charge in [-0.1, -0.05) is 24.6 Å². The minimum Gasteiger partial charge on any atom is -0.494 e. The Balaban J connectivity index is 1.94. The molecule has 0 unspecified atom stereocenters. The van der Waals surface area contributed by atoms with Crippen LogP contribution in [0.2, 0.25) is 5.02 Å². The summed E-state index contributed by atoms with van der Waals surface area (Å²) in [4.78, 5) is 12.1. The summed E-state index contributed by atoms with van der Waals surface area (Å²) in [6.07, 6.45) is 0.938. The van der Waals surface area contributed by atoms with Crippen molar-refractivity contribution in [3.63, 3.8) is 0 Å². The molecule has 0 aliphatic heterocycles. The maximum absolute atomic E-state index is 12.1. The van der Waals surface area contributed by atoms with Crippen LogP contribution in [0.4, 0.5) is 5.69 Å². The van der Waals surface area contributed by atoms with Crippen LogP contribution in [-0.2, 0) is 0 Å². The largest absolute Gasteiger partial charge is 0.494 e. The van der Waals surface area contributed by atoms with Gasteiger partial charge >= 0.3 is 0 Å². The third kappa shape index (κ3) is 5.54. The number of anilines is 1. The Bertz CT molecular complexity index is 689. The quantitative estimate of drug-likeness (QED) is 0.793. The highest BCUT2D eigenvalue weighted by molar-refractivity contribution is 7.80. The number of hydrogen-bond acceptors (Lipinski definition) is 3. The lowest BCUT2D eigenvalue weighted by Gasteiger charge is -2.11. The number of hydrogen-bond donors (Lipinski definition) is 2. The lowest BCUT2D eigenvalue weighted by atomic mass is 10.2. The zero-order valence-electron chi connectivity index (χ0n) is 12.6. The van der Waals surface area contributed by atoms with Crippen molar-refractivity contribution in [3.8, 4) is 5.75 Å². The molecule has 0 aliphatic rings. The number of benzene rings is 2. The van der Waals surface area contributed by atoms with Gasteiger partial charge in [0.1, 0.15) is 5.75 Å². The Labute approximate surface area is 145 Å². The van der Waals surface area contributed by atoms with Gasteiger partial charge < -0.3 is 10.1 Å². The number of ether oxygens (including phenoxy) is 1. The van der Waals surface area contributed by atoms with E-state index in [9.17, 15) is 4.79 Å². The fourth-order valence-corrected chi connectivity index (χ4v) is 2.16. The highest BCUT2D eigenvalue weighted by atomic mass is 35.5. The van der Waals surface area contributed by atoms with Gasteiger partial charge in [0.25, 0.3) is 5.91 Å². The fourth-order valence-electron chi connectivity index (χ4n) is 1.82. The van der Waals surface area contributed by atoms with Crippen LogP contribution < -0.4 is 15.4 Å². The lowest BCUT2D eigenvalue weighted by molar-refractivity contribution is 0.0978. The number of rotatable bonds is 5. The van der Waals surface area contributed by atoms with E-state index in [4.69, 9.17) is 28.6 Å². The van der Waals surface area contributed by atoms with E-state index in [1.54, 1.807) is 24.3 Å². The molecule has 0 heterocycles. The molecule has 0 radical (unpaired) electrons. The van der Waals surface area contributed by atoms with Gasteiger partial charge in [0.2, 0.25) is 0 Å². The second-order valence-corrected chi connectivity index (χ2v) is 5.64. The first-order valence-electron chi connectivity index (χ1n) is 7.19. The van der Waals surface area contributed by atoms with Crippen molar-refractivity contribution < 1.29 is 9.53 Å². The predicted molar refractivity (Wildman–Crippen MR) is 97.4 cm³/mol. The van der Waals surface area contributed by atoms with Crippen molar-refractivity contribution in [1.29, 1.82) is 0 Å². The normalized spacial score (nSPS) is 10.0. The maximum atomic E-state index is 12.1. The molecule has 0 atom stereocenters. The first-order chi connectivity index (χ1) is 11.1. The van der Waals surface area contributed by atoms with Crippen LogP contribution in [0.1, 0.15) is 23.7 Å². The van der Waals surface area contributed by atoms with Gasteiger partial charge in [-0.25, -0.2) is 0 Å². The molecule has 0 aliphatic carbocycles. The summed E-state index contributed by atoms with van der Waals surface area (Å²) >= 11 is 11.0. The van der Waals surface area contributed by atoms with Crippen LogP contribution in [0.15, 0.2) is 48.5 Å². The summed E-state index contributed by atoms with van der Waals surface area (Å²) in [5, 5.41) is 6.38. The predicted octanol–water partition coefficient (Wildman–Crippen LogP) is 4.26. The molecule has 6 heteroatoms. The zero-order valence-corrected chi connectivity index (χ0v) is 14.2. The summed E-state index contributed by atoms with van der Waals surface area (Å²) in [7, 11) is 0. The maximum Gasteiger partial charge on any atom is 0.257 e. The Morgan fingerprint density at radius 3 is 2.65 bits per heavy atom. The van der Waals surface area contributed by atoms with E-state index in [2.05, 4.69) is 10.6 Å². The monoisotopic (exact) mass is 348 g/mol. The van der Waals surface area contributed by atoms with Gasteiger partial charge in [-0.2, -0.15) is 0 Å². The number of nitrogens with one attached hydrogen (secondary N) is 2. The summed E-state index contributed by atoms with van der Waals surface area (Å²) in [6.45, 7) is 2.70. The SMILES string of the molecule is CCCOc1cccc(NC(=S)NC(=O)c2ccc(Cl)cc2)c1. The Morgan fingerprint density at radius 2 is 1.96 bits per heavy atom. The van der Waals surface area contributed by atoms with Gasteiger partial charge in [-0.05, 0) is 55.0 Å². The molecular formula is C17H17ClN2O2S. The molecule has 23 heavy (non-hydrogen) atoms. The molecule has 2 aromatic carbocycles. The standard InChI is InChI=1S/C17H17ClN2O2S/c1-2-10-22-15-5-3-4-14(11-15)19-17(23)20-16(21)12-6-8-13(18)9-7-12/h3-9,11H,2,10H2,1H3,(H2,19,20,21,23). The van der Waals surface area contributed by atoms with E-state index in [0.29, 0.717) is 17.2 Å². The molecule has 0 bridgehead atoms. The molecular weight excluding hydrogens is 332 g/mol. The van der Waals surface area contributed by atoms with Crippen LogP contribution in [-0.4, -0.2) is 17.6 Å². The molecule has 0 saturated heterocycles. The fraction of sp³-hybridized carbons (Fsp3) is 0.176. The van der Waals surface area contributed by atoms with Gasteiger partial charge in [-0.3, -0.25) is 10.1 Å². The topological polar surface area (TPSA) is 50.4 Å². The number of amides is 1. The van der Waals surface area contributed by atoms with Crippen molar-refractivity contribution in [2.45, 2.75) is 13.3 Å². The summed E-state index contributed by atoms with van der Waals surface area (Å²) in [6, 6.07) is 14.0. The van der Waals surface area contributed by atoms with E-state index >= 15 is 0 Å². The van der Waals surface area contributed by atoms with Crippen molar-refractivity contribution in [2.24, 2.45) is 0 Å². The van der Waals surface area contributed by atoms with Crippen molar-refractivity contribution in [3.05, 3.63) is 59.1 Å². The molecule has 2 rings (SSSR count). The molecule has 1 amide bonds. The molecule has 2 N–H and O–H groups in total. The zero-order chi connectivity index (χ0) is 16.7. The molecule has 120 valence electrons. The Kier molecular flexibility index (Phi) is 6.38. The van der Waals surface area contributed by atoms with Crippen LogP contribution in [0.5, 0.6) is 5.75 Å². The Hall–Kier alpha value is -2.11. The summed E-state index contributed by atoms with van der Waals surface area (Å²) in [5.74, 6) is 0.459. The van der Waals surface area contributed by atoms with E-state index in [1.165, 1.54) is 0 Å². The minimum atomic E-state index is -0.294.